The molecule has 1 rings (SSSR count). The van der Waals surface area contributed by atoms with Gasteiger partial charge < -0.3 is 0 Å². The van der Waals surface area contributed by atoms with E-state index in [2.05, 4.69) is 39.8 Å². The van der Waals surface area contributed by atoms with Gasteiger partial charge in [0, 0.05) is 0 Å². The van der Waals surface area contributed by atoms with Gasteiger partial charge in [0.25, 0.3) is 0 Å². The van der Waals surface area contributed by atoms with E-state index < -0.39 is 0 Å². The molecule has 0 radical (unpaired) electrons. The molecule has 10 heavy (non-hydrogen) atoms. The minimum Gasteiger partial charge on any atom is -0.0692 e. The second-order valence-corrected chi connectivity index (χ2v) is 3.11. The number of hydrogen-bond donors (Lipinski definition) is 0. The van der Waals surface area contributed by atoms with Crippen molar-refractivity contribution in [2.24, 2.45) is 0 Å². The van der Waals surface area contributed by atoms with Crippen molar-refractivity contribution in [1.29, 1.82) is 0 Å². The summed E-state index contributed by atoms with van der Waals surface area (Å²) in [6.07, 6.45) is 4.48. The van der Waals surface area contributed by atoms with E-state index in [0.29, 0.717) is 0 Å². The molecule has 0 heteroatoms. The quantitative estimate of drug-likeness (QED) is 0.477. The first-order valence-electron chi connectivity index (χ1n) is 3.65. The Kier molecular flexibility index (Phi) is 1.80. The van der Waals surface area contributed by atoms with Crippen LogP contribution in [0, 0.1) is 0 Å². The Hall–Kier alpha value is -0.780. The molecule has 0 unspecified atom stereocenters. The van der Waals surface area contributed by atoms with Crippen LogP contribution in [0.5, 0.6) is 0 Å². The third kappa shape index (κ3) is 1.21. The lowest BCUT2D eigenvalue weighted by Gasteiger charge is -1.90. The van der Waals surface area contributed by atoms with Gasteiger partial charge in [-0.25, -0.2) is 0 Å². The SMILES string of the molecule is CC1=CC(=C(C)C)C=C1C. The van der Waals surface area contributed by atoms with Gasteiger partial charge >= 0.3 is 0 Å². The Bertz CT molecular complexity index is 213. The summed E-state index contributed by atoms with van der Waals surface area (Å²) in [4.78, 5) is 0. The van der Waals surface area contributed by atoms with Crippen LogP contribution in [0.15, 0.2) is 34.4 Å². The van der Waals surface area contributed by atoms with Crippen molar-refractivity contribution in [1.82, 2.24) is 0 Å². The molecule has 0 nitrogen and oxygen atoms in total. The average molecular weight is 134 g/mol. The summed E-state index contributed by atoms with van der Waals surface area (Å²) < 4.78 is 0. The molecule has 1 aliphatic rings. The van der Waals surface area contributed by atoms with Crippen LogP contribution in [-0.4, -0.2) is 0 Å². The summed E-state index contributed by atoms with van der Waals surface area (Å²) in [6, 6.07) is 0. The van der Waals surface area contributed by atoms with Gasteiger partial charge in [-0.05, 0) is 44.4 Å². The van der Waals surface area contributed by atoms with Crippen molar-refractivity contribution >= 4 is 0 Å². The Balaban J connectivity index is 3.05. The molecule has 0 saturated heterocycles. The Morgan fingerprint density at radius 1 is 1.00 bits per heavy atom. The van der Waals surface area contributed by atoms with Gasteiger partial charge in [-0.1, -0.05) is 17.7 Å². The molecular formula is C10H14. The standard InChI is InChI=1S/C10H14/c1-7(2)10-5-8(3)9(4)6-10/h5-6H,1-4H3. The molecule has 1 aliphatic carbocycles. The first-order valence-corrected chi connectivity index (χ1v) is 3.65. The fourth-order valence-corrected chi connectivity index (χ4v) is 1.02. The summed E-state index contributed by atoms with van der Waals surface area (Å²) in [7, 11) is 0. The predicted molar refractivity (Wildman–Crippen MR) is 45.9 cm³/mol. The minimum atomic E-state index is 1.38. The van der Waals surface area contributed by atoms with Crippen LogP contribution in [0.25, 0.3) is 0 Å². The molecule has 0 bridgehead atoms. The topological polar surface area (TPSA) is 0 Å². The monoisotopic (exact) mass is 134 g/mol. The van der Waals surface area contributed by atoms with E-state index in [1.54, 1.807) is 0 Å². The second-order valence-electron chi connectivity index (χ2n) is 3.11. The van der Waals surface area contributed by atoms with Gasteiger partial charge in [-0.2, -0.15) is 0 Å². The number of rotatable bonds is 0. The maximum Gasteiger partial charge on any atom is -0.0265 e. The molecule has 0 aromatic carbocycles. The van der Waals surface area contributed by atoms with Crippen molar-refractivity contribution < 1.29 is 0 Å². The van der Waals surface area contributed by atoms with Crippen LogP contribution >= 0.6 is 0 Å². The zero-order chi connectivity index (χ0) is 7.72. The van der Waals surface area contributed by atoms with Gasteiger partial charge in [0.2, 0.25) is 0 Å². The third-order valence-electron chi connectivity index (χ3n) is 1.94. The summed E-state index contributed by atoms with van der Waals surface area (Å²) in [5.74, 6) is 0. The summed E-state index contributed by atoms with van der Waals surface area (Å²) >= 11 is 0. The van der Waals surface area contributed by atoms with E-state index in [4.69, 9.17) is 0 Å². The molecule has 0 saturated carbocycles. The molecule has 0 atom stereocenters. The summed E-state index contributed by atoms with van der Waals surface area (Å²) in [6.45, 7) is 8.60. The highest BCUT2D eigenvalue weighted by Gasteiger charge is 2.03. The normalized spacial score (nSPS) is 17.0. The fraction of sp³-hybridized carbons (Fsp3) is 0.400. The first kappa shape index (κ1) is 7.33. The highest BCUT2D eigenvalue weighted by atomic mass is 14.1. The Morgan fingerprint density at radius 2 is 1.40 bits per heavy atom. The van der Waals surface area contributed by atoms with E-state index in [9.17, 15) is 0 Å². The molecule has 0 aliphatic heterocycles. The van der Waals surface area contributed by atoms with Crippen molar-refractivity contribution in [3.63, 3.8) is 0 Å². The highest BCUT2D eigenvalue weighted by Crippen LogP contribution is 2.23. The van der Waals surface area contributed by atoms with Crippen molar-refractivity contribution in [3.05, 3.63) is 34.4 Å². The maximum absolute atomic E-state index is 2.24. The van der Waals surface area contributed by atoms with Crippen LogP contribution in [0.4, 0.5) is 0 Å². The molecule has 0 aromatic rings. The molecule has 54 valence electrons. The van der Waals surface area contributed by atoms with Crippen molar-refractivity contribution in [2.45, 2.75) is 27.7 Å². The van der Waals surface area contributed by atoms with Crippen molar-refractivity contribution in [3.8, 4) is 0 Å². The van der Waals surface area contributed by atoms with E-state index in [1.165, 1.54) is 22.3 Å². The van der Waals surface area contributed by atoms with E-state index in [1.807, 2.05) is 0 Å². The first-order chi connectivity index (χ1) is 4.61. The van der Waals surface area contributed by atoms with Crippen LogP contribution in [-0.2, 0) is 0 Å². The minimum absolute atomic E-state index is 1.38. The van der Waals surface area contributed by atoms with E-state index in [0.717, 1.165) is 0 Å². The lowest BCUT2D eigenvalue weighted by Crippen LogP contribution is -1.70. The smallest absolute Gasteiger partial charge is 0.0265 e. The summed E-state index contributed by atoms with van der Waals surface area (Å²) in [5.41, 5.74) is 5.58. The van der Waals surface area contributed by atoms with Gasteiger partial charge in [-0.15, -0.1) is 0 Å². The van der Waals surface area contributed by atoms with Crippen molar-refractivity contribution in [2.75, 3.05) is 0 Å². The average Bonchev–Trinajstić information content (AvgIpc) is 2.13. The predicted octanol–water partition coefficient (Wildman–Crippen LogP) is 3.23. The molecule has 0 spiro atoms. The van der Waals surface area contributed by atoms with Gasteiger partial charge in [-0.3, -0.25) is 0 Å². The number of allylic oxidation sites excluding steroid dienone is 6. The van der Waals surface area contributed by atoms with Gasteiger partial charge in [0.05, 0.1) is 0 Å². The zero-order valence-corrected chi connectivity index (χ0v) is 7.15. The fourth-order valence-electron chi connectivity index (χ4n) is 1.02. The second kappa shape index (κ2) is 2.45. The molecular weight excluding hydrogens is 120 g/mol. The van der Waals surface area contributed by atoms with E-state index >= 15 is 0 Å². The lowest BCUT2D eigenvalue weighted by atomic mass is 10.2. The highest BCUT2D eigenvalue weighted by molar-refractivity contribution is 5.51. The van der Waals surface area contributed by atoms with Crippen LogP contribution < -0.4 is 0 Å². The largest absolute Gasteiger partial charge is 0.0692 e. The Morgan fingerprint density at radius 3 is 1.60 bits per heavy atom. The number of hydrogen-bond acceptors (Lipinski definition) is 0. The van der Waals surface area contributed by atoms with E-state index in [-0.39, 0.29) is 0 Å². The molecule has 0 N–H and O–H groups in total. The Labute approximate surface area is 62.9 Å². The zero-order valence-electron chi connectivity index (χ0n) is 7.15. The van der Waals surface area contributed by atoms with Crippen LogP contribution in [0.2, 0.25) is 0 Å². The molecule has 0 aromatic heterocycles. The van der Waals surface area contributed by atoms with Gasteiger partial charge in [0.1, 0.15) is 0 Å². The molecule has 0 heterocycles. The molecule has 0 fully saturated rings. The van der Waals surface area contributed by atoms with Gasteiger partial charge in [0.15, 0.2) is 0 Å². The van der Waals surface area contributed by atoms with Crippen LogP contribution in [0.3, 0.4) is 0 Å². The third-order valence-corrected chi connectivity index (χ3v) is 1.94. The summed E-state index contributed by atoms with van der Waals surface area (Å²) in [5, 5.41) is 0. The van der Waals surface area contributed by atoms with Crippen LogP contribution in [0.1, 0.15) is 27.7 Å². The maximum atomic E-state index is 2.24. The molecule has 0 amide bonds. The lowest BCUT2D eigenvalue weighted by molar-refractivity contribution is 1.35.